The van der Waals surface area contributed by atoms with Crippen LogP contribution in [0.15, 0.2) is 23.7 Å². The number of amides is 1. The number of rotatable bonds is 4. The minimum atomic E-state index is -0.523. The van der Waals surface area contributed by atoms with Gasteiger partial charge in [0.15, 0.2) is 0 Å². The monoisotopic (exact) mass is 306 g/mol. The lowest BCUT2D eigenvalue weighted by Gasteiger charge is -2.19. The fraction of sp³-hybridized carbons (Fsp3) is 0.400. The number of thiazole rings is 1. The molecule has 0 radical (unpaired) electrons. The van der Waals surface area contributed by atoms with Gasteiger partial charge in [0.1, 0.15) is 5.60 Å². The van der Waals surface area contributed by atoms with E-state index in [-0.39, 0.29) is 24.7 Å². The molecule has 0 unspecified atom stereocenters. The van der Waals surface area contributed by atoms with Crippen LogP contribution < -0.4 is 5.32 Å². The first kappa shape index (κ1) is 15.4. The van der Waals surface area contributed by atoms with Crippen molar-refractivity contribution < 1.29 is 14.3 Å². The number of aromatic nitrogens is 1. The van der Waals surface area contributed by atoms with Gasteiger partial charge in [-0.1, -0.05) is 0 Å². The molecule has 0 aliphatic rings. The van der Waals surface area contributed by atoms with Crippen LogP contribution in [0.1, 0.15) is 33.6 Å². The molecule has 2 aromatic rings. The molecule has 1 heterocycles. The molecule has 112 valence electrons. The van der Waals surface area contributed by atoms with Gasteiger partial charge in [-0.05, 0) is 39.0 Å². The Hall–Kier alpha value is -1.95. The second-order valence-corrected chi connectivity index (χ2v) is 6.56. The summed E-state index contributed by atoms with van der Waals surface area (Å²) in [7, 11) is 0. The van der Waals surface area contributed by atoms with Crippen molar-refractivity contribution in [3.05, 3.63) is 23.7 Å². The molecule has 6 heteroatoms. The molecule has 0 bridgehead atoms. The zero-order valence-electron chi connectivity index (χ0n) is 12.3. The number of hydrogen-bond donors (Lipinski definition) is 1. The van der Waals surface area contributed by atoms with Crippen molar-refractivity contribution in [1.82, 2.24) is 4.98 Å². The SMILES string of the molecule is CC(C)(C)OC(=O)CCC(=O)Nc1ccc2ncsc2c1. The molecule has 0 aliphatic carbocycles. The standard InChI is InChI=1S/C15H18N2O3S/c1-15(2,3)20-14(19)7-6-13(18)17-10-4-5-11-12(8-10)21-9-16-11/h4-5,8-9H,6-7H2,1-3H3,(H,17,18). The third-order valence-electron chi connectivity index (χ3n) is 2.59. The first-order valence-corrected chi connectivity index (χ1v) is 7.56. The lowest BCUT2D eigenvalue weighted by atomic mass is 10.2. The van der Waals surface area contributed by atoms with E-state index >= 15 is 0 Å². The first-order valence-electron chi connectivity index (χ1n) is 6.68. The second kappa shape index (κ2) is 6.22. The highest BCUT2D eigenvalue weighted by Crippen LogP contribution is 2.22. The highest BCUT2D eigenvalue weighted by atomic mass is 32.1. The van der Waals surface area contributed by atoms with Crippen LogP contribution in [0.4, 0.5) is 5.69 Å². The van der Waals surface area contributed by atoms with Crippen LogP contribution in [-0.2, 0) is 14.3 Å². The third-order valence-corrected chi connectivity index (χ3v) is 3.38. The lowest BCUT2D eigenvalue weighted by Crippen LogP contribution is -2.24. The summed E-state index contributed by atoms with van der Waals surface area (Å²) in [5, 5.41) is 2.77. The summed E-state index contributed by atoms with van der Waals surface area (Å²) in [5.41, 5.74) is 2.86. The van der Waals surface area contributed by atoms with Gasteiger partial charge in [-0.2, -0.15) is 0 Å². The molecule has 0 aliphatic heterocycles. The predicted octanol–water partition coefficient (Wildman–Crippen LogP) is 3.36. The highest BCUT2D eigenvalue weighted by molar-refractivity contribution is 7.16. The smallest absolute Gasteiger partial charge is 0.306 e. The van der Waals surface area contributed by atoms with Crippen LogP contribution >= 0.6 is 11.3 Å². The van der Waals surface area contributed by atoms with Crippen LogP contribution in [0.25, 0.3) is 10.2 Å². The number of fused-ring (bicyclic) bond motifs is 1. The number of anilines is 1. The van der Waals surface area contributed by atoms with Crippen molar-refractivity contribution in [2.45, 2.75) is 39.2 Å². The molecule has 0 fully saturated rings. The van der Waals surface area contributed by atoms with Crippen LogP contribution in [0.2, 0.25) is 0 Å². The van der Waals surface area contributed by atoms with E-state index < -0.39 is 5.60 Å². The van der Waals surface area contributed by atoms with Crippen molar-refractivity contribution in [3.63, 3.8) is 0 Å². The molecular weight excluding hydrogens is 288 g/mol. The minimum Gasteiger partial charge on any atom is -0.460 e. The van der Waals surface area contributed by atoms with Gasteiger partial charge >= 0.3 is 5.97 Å². The minimum absolute atomic E-state index is 0.0753. The maximum absolute atomic E-state index is 11.8. The van der Waals surface area contributed by atoms with Gasteiger partial charge in [-0.25, -0.2) is 4.98 Å². The Bertz CT molecular complexity index is 658. The van der Waals surface area contributed by atoms with Gasteiger partial charge in [0.2, 0.25) is 5.91 Å². The Kier molecular flexibility index (Phi) is 4.57. The Labute approximate surface area is 127 Å². The number of esters is 1. The molecule has 2 rings (SSSR count). The Morgan fingerprint density at radius 2 is 2.05 bits per heavy atom. The Morgan fingerprint density at radius 3 is 2.76 bits per heavy atom. The number of nitrogens with zero attached hydrogens (tertiary/aromatic N) is 1. The van der Waals surface area contributed by atoms with E-state index in [1.807, 2.05) is 12.1 Å². The Balaban J connectivity index is 1.85. The van der Waals surface area contributed by atoms with Gasteiger partial charge in [0, 0.05) is 12.1 Å². The summed E-state index contributed by atoms with van der Waals surface area (Å²) in [6.45, 7) is 5.40. The van der Waals surface area contributed by atoms with Crippen molar-refractivity contribution >= 4 is 39.1 Å². The number of hydrogen-bond acceptors (Lipinski definition) is 5. The Morgan fingerprint density at radius 1 is 1.29 bits per heavy atom. The van der Waals surface area contributed by atoms with Crippen molar-refractivity contribution in [3.8, 4) is 0 Å². The highest BCUT2D eigenvalue weighted by Gasteiger charge is 2.17. The molecule has 1 aromatic carbocycles. The van der Waals surface area contributed by atoms with E-state index in [4.69, 9.17) is 4.74 Å². The summed E-state index contributed by atoms with van der Waals surface area (Å²) < 4.78 is 6.17. The van der Waals surface area contributed by atoms with Crippen LogP contribution in [-0.4, -0.2) is 22.5 Å². The van der Waals surface area contributed by atoms with E-state index in [9.17, 15) is 9.59 Å². The maximum atomic E-state index is 11.8. The number of carbonyl (C=O) groups excluding carboxylic acids is 2. The molecule has 1 aromatic heterocycles. The fourth-order valence-corrected chi connectivity index (χ4v) is 2.48. The molecule has 5 nitrogen and oxygen atoms in total. The number of nitrogens with one attached hydrogen (secondary N) is 1. The average Bonchev–Trinajstić information content (AvgIpc) is 2.81. The van der Waals surface area contributed by atoms with E-state index in [0.29, 0.717) is 5.69 Å². The van der Waals surface area contributed by atoms with Crippen molar-refractivity contribution in [2.75, 3.05) is 5.32 Å². The fourth-order valence-electron chi connectivity index (χ4n) is 1.76. The van der Waals surface area contributed by atoms with Gasteiger partial charge in [0.25, 0.3) is 0 Å². The summed E-state index contributed by atoms with van der Waals surface area (Å²) in [4.78, 5) is 27.5. The lowest BCUT2D eigenvalue weighted by molar-refractivity contribution is -0.155. The number of ether oxygens (including phenoxy) is 1. The maximum Gasteiger partial charge on any atom is 0.306 e. The molecule has 0 saturated heterocycles. The molecular formula is C15H18N2O3S. The van der Waals surface area contributed by atoms with E-state index in [0.717, 1.165) is 10.2 Å². The molecule has 0 atom stereocenters. The number of carbonyl (C=O) groups is 2. The molecule has 0 spiro atoms. The molecule has 1 amide bonds. The van der Waals surface area contributed by atoms with Gasteiger partial charge in [0.05, 0.1) is 22.1 Å². The van der Waals surface area contributed by atoms with Gasteiger partial charge in [-0.15, -0.1) is 11.3 Å². The summed E-state index contributed by atoms with van der Waals surface area (Å²) in [6, 6.07) is 5.53. The zero-order chi connectivity index (χ0) is 15.5. The summed E-state index contributed by atoms with van der Waals surface area (Å²) >= 11 is 1.52. The molecule has 0 saturated carbocycles. The average molecular weight is 306 g/mol. The van der Waals surface area contributed by atoms with Gasteiger partial charge < -0.3 is 10.1 Å². The van der Waals surface area contributed by atoms with Crippen molar-refractivity contribution in [2.24, 2.45) is 0 Å². The van der Waals surface area contributed by atoms with E-state index in [1.54, 1.807) is 32.3 Å². The molecule has 21 heavy (non-hydrogen) atoms. The summed E-state index contributed by atoms with van der Waals surface area (Å²) in [6.07, 6.45) is 0.182. The third kappa shape index (κ3) is 4.82. The van der Waals surface area contributed by atoms with E-state index in [1.165, 1.54) is 11.3 Å². The van der Waals surface area contributed by atoms with Crippen LogP contribution in [0.5, 0.6) is 0 Å². The van der Waals surface area contributed by atoms with Crippen molar-refractivity contribution in [1.29, 1.82) is 0 Å². The quantitative estimate of drug-likeness (QED) is 0.879. The summed E-state index contributed by atoms with van der Waals surface area (Å²) in [5.74, 6) is -0.569. The molecule has 1 N–H and O–H groups in total. The second-order valence-electron chi connectivity index (χ2n) is 5.67. The van der Waals surface area contributed by atoms with Crippen LogP contribution in [0.3, 0.4) is 0 Å². The first-order chi connectivity index (χ1) is 9.83. The largest absolute Gasteiger partial charge is 0.460 e. The number of benzene rings is 1. The normalized spacial score (nSPS) is 11.4. The topological polar surface area (TPSA) is 68.3 Å². The van der Waals surface area contributed by atoms with Crippen LogP contribution in [0, 0.1) is 0 Å². The zero-order valence-corrected chi connectivity index (χ0v) is 13.1. The van der Waals surface area contributed by atoms with E-state index in [2.05, 4.69) is 10.3 Å². The predicted molar refractivity (Wildman–Crippen MR) is 83.3 cm³/mol. The van der Waals surface area contributed by atoms with Gasteiger partial charge in [-0.3, -0.25) is 9.59 Å².